The molecule has 0 saturated carbocycles. The third-order valence-electron chi connectivity index (χ3n) is 4.51. The third kappa shape index (κ3) is 4.78. The molecule has 6 heteroatoms. The van der Waals surface area contributed by atoms with Crippen molar-refractivity contribution in [1.82, 2.24) is 10.3 Å². The summed E-state index contributed by atoms with van der Waals surface area (Å²) in [5.74, 6) is -0.0766. The number of hydrogen-bond acceptors (Lipinski definition) is 3. The summed E-state index contributed by atoms with van der Waals surface area (Å²) in [5, 5.41) is 6.74. The van der Waals surface area contributed by atoms with Crippen molar-refractivity contribution in [2.45, 2.75) is 26.3 Å². The van der Waals surface area contributed by atoms with E-state index in [2.05, 4.69) is 15.6 Å². The SMILES string of the molecule is CC(C)CNC(=O)c1cccc(NC(=O)[C@@H](N)Cc2c[nH]c3ccccc23)c1. The predicted octanol–water partition coefficient (Wildman–Crippen LogP) is 3.06. The van der Waals surface area contributed by atoms with Gasteiger partial charge in [-0.15, -0.1) is 0 Å². The van der Waals surface area contributed by atoms with Crippen LogP contribution >= 0.6 is 0 Å². The number of aromatic nitrogens is 1. The average Bonchev–Trinajstić information content (AvgIpc) is 3.09. The largest absolute Gasteiger partial charge is 0.361 e. The topological polar surface area (TPSA) is 100 Å². The van der Waals surface area contributed by atoms with Crippen LogP contribution in [0.25, 0.3) is 10.9 Å². The molecule has 146 valence electrons. The number of nitrogens with two attached hydrogens (primary N) is 1. The van der Waals surface area contributed by atoms with Gasteiger partial charge < -0.3 is 21.4 Å². The van der Waals surface area contributed by atoms with Crippen molar-refractivity contribution in [3.05, 3.63) is 65.9 Å². The number of nitrogens with one attached hydrogen (secondary N) is 3. The van der Waals surface area contributed by atoms with Crippen LogP contribution in [0.2, 0.25) is 0 Å². The van der Waals surface area contributed by atoms with E-state index in [4.69, 9.17) is 5.73 Å². The maximum atomic E-state index is 12.5. The second-order valence-electron chi connectivity index (χ2n) is 7.34. The number of hydrogen-bond donors (Lipinski definition) is 4. The van der Waals surface area contributed by atoms with Crippen molar-refractivity contribution in [3.63, 3.8) is 0 Å². The Hall–Kier alpha value is -3.12. The normalized spacial score (nSPS) is 12.1. The summed E-state index contributed by atoms with van der Waals surface area (Å²) in [5.41, 5.74) is 9.20. The minimum atomic E-state index is -0.697. The molecule has 1 heterocycles. The molecule has 0 aliphatic rings. The standard InChI is InChI=1S/C22H26N4O2/c1-14(2)12-25-21(27)15-6-5-7-17(10-15)26-22(28)19(23)11-16-13-24-20-9-4-3-8-18(16)20/h3-10,13-14,19,24H,11-12,23H2,1-2H3,(H,25,27)(H,26,28)/t19-/m0/s1. The molecule has 1 aromatic heterocycles. The number of anilines is 1. The van der Waals surface area contributed by atoms with Gasteiger partial charge in [0.05, 0.1) is 6.04 Å². The van der Waals surface area contributed by atoms with E-state index in [0.717, 1.165) is 16.5 Å². The molecule has 0 fully saturated rings. The fourth-order valence-electron chi connectivity index (χ4n) is 3.00. The number of benzene rings is 2. The molecule has 0 saturated heterocycles. The molecule has 0 radical (unpaired) electrons. The lowest BCUT2D eigenvalue weighted by Crippen LogP contribution is -2.37. The van der Waals surface area contributed by atoms with Crippen LogP contribution < -0.4 is 16.4 Å². The van der Waals surface area contributed by atoms with Crippen molar-refractivity contribution in [3.8, 4) is 0 Å². The summed E-state index contributed by atoms with van der Waals surface area (Å²) < 4.78 is 0. The zero-order valence-corrected chi connectivity index (χ0v) is 16.2. The van der Waals surface area contributed by atoms with E-state index in [1.807, 2.05) is 44.3 Å². The van der Waals surface area contributed by atoms with Crippen molar-refractivity contribution in [1.29, 1.82) is 0 Å². The zero-order valence-electron chi connectivity index (χ0n) is 16.2. The van der Waals surface area contributed by atoms with Gasteiger partial charge in [-0.05, 0) is 42.2 Å². The van der Waals surface area contributed by atoms with E-state index in [9.17, 15) is 9.59 Å². The van der Waals surface area contributed by atoms with Crippen LogP contribution in [-0.2, 0) is 11.2 Å². The van der Waals surface area contributed by atoms with Crippen LogP contribution in [0.5, 0.6) is 0 Å². The van der Waals surface area contributed by atoms with Gasteiger partial charge in [-0.3, -0.25) is 9.59 Å². The van der Waals surface area contributed by atoms with E-state index >= 15 is 0 Å². The first-order valence-electron chi connectivity index (χ1n) is 9.43. The molecule has 0 aliphatic carbocycles. The first-order valence-corrected chi connectivity index (χ1v) is 9.43. The lowest BCUT2D eigenvalue weighted by Gasteiger charge is -2.13. The number of fused-ring (bicyclic) bond motifs is 1. The Labute approximate surface area is 164 Å². The molecule has 5 N–H and O–H groups in total. The molecule has 3 aromatic rings. The van der Waals surface area contributed by atoms with Crippen LogP contribution in [0.3, 0.4) is 0 Å². The Kier molecular flexibility index (Phi) is 6.11. The predicted molar refractivity (Wildman–Crippen MR) is 112 cm³/mol. The molecule has 3 rings (SSSR count). The average molecular weight is 378 g/mol. The van der Waals surface area contributed by atoms with Gasteiger partial charge in [0, 0.05) is 34.9 Å². The molecule has 1 atom stereocenters. The van der Waals surface area contributed by atoms with Crippen LogP contribution in [0.4, 0.5) is 5.69 Å². The highest BCUT2D eigenvalue weighted by Crippen LogP contribution is 2.19. The fraction of sp³-hybridized carbons (Fsp3) is 0.273. The number of aromatic amines is 1. The number of carbonyl (C=O) groups is 2. The first kappa shape index (κ1) is 19.6. The number of para-hydroxylation sites is 1. The number of amides is 2. The number of H-pyrrole nitrogens is 1. The number of rotatable bonds is 7. The summed E-state index contributed by atoms with van der Waals surface area (Å²) in [7, 11) is 0. The molecule has 0 bridgehead atoms. The lowest BCUT2D eigenvalue weighted by atomic mass is 10.0. The molecule has 0 unspecified atom stereocenters. The van der Waals surface area contributed by atoms with Crippen LogP contribution in [0.1, 0.15) is 29.8 Å². The molecule has 28 heavy (non-hydrogen) atoms. The summed E-state index contributed by atoms with van der Waals surface area (Å²) >= 11 is 0. The smallest absolute Gasteiger partial charge is 0.251 e. The third-order valence-corrected chi connectivity index (χ3v) is 4.51. The van der Waals surface area contributed by atoms with E-state index < -0.39 is 6.04 Å². The minimum absolute atomic E-state index is 0.159. The summed E-state index contributed by atoms with van der Waals surface area (Å²) in [6.45, 7) is 4.67. The van der Waals surface area contributed by atoms with Crippen molar-refractivity contribution < 1.29 is 9.59 Å². The maximum absolute atomic E-state index is 12.5. The Bertz CT molecular complexity index is 977. The highest BCUT2D eigenvalue weighted by Gasteiger charge is 2.17. The number of carbonyl (C=O) groups excluding carboxylic acids is 2. The van der Waals surface area contributed by atoms with Gasteiger partial charge in [-0.1, -0.05) is 38.1 Å². The molecule has 0 spiro atoms. The summed E-state index contributed by atoms with van der Waals surface area (Å²) in [4.78, 5) is 27.9. The van der Waals surface area contributed by atoms with Gasteiger partial charge in [0.2, 0.25) is 5.91 Å². The highest BCUT2D eigenvalue weighted by atomic mass is 16.2. The van der Waals surface area contributed by atoms with Crippen LogP contribution in [0, 0.1) is 5.92 Å². The van der Waals surface area contributed by atoms with Gasteiger partial charge in [0.25, 0.3) is 5.91 Å². The maximum Gasteiger partial charge on any atom is 0.251 e. The van der Waals surface area contributed by atoms with E-state index in [1.54, 1.807) is 24.3 Å². The monoisotopic (exact) mass is 378 g/mol. The van der Waals surface area contributed by atoms with E-state index in [1.165, 1.54) is 0 Å². The van der Waals surface area contributed by atoms with E-state index in [0.29, 0.717) is 30.1 Å². The molecular formula is C22H26N4O2. The molecule has 6 nitrogen and oxygen atoms in total. The van der Waals surface area contributed by atoms with Crippen molar-refractivity contribution >= 4 is 28.4 Å². The minimum Gasteiger partial charge on any atom is -0.361 e. The first-order chi connectivity index (χ1) is 13.4. The van der Waals surface area contributed by atoms with Gasteiger partial charge in [0.15, 0.2) is 0 Å². The fourth-order valence-corrected chi connectivity index (χ4v) is 3.00. The second kappa shape index (κ2) is 8.71. The Morgan fingerprint density at radius 1 is 1.11 bits per heavy atom. The Balaban J connectivity index is 1.64. The molecule has 2 aromatic carbocycles. The Morgan fingerprint density at radius 3 is 2.68 bits per heavy atom. The van der Waals surface area contributed by atoms with Gasteiger partial charge in [-0.2, -0.15) is 0 Å². The Morgan fingerprint density at radius 2 is 1.89 bits per heavy atom. The van der Waals surface area contributed by atoms with E-state index in [-0.39, 0.29) is 11.8 Å². The summed E-state index contributed by atoms with van der Waals surface area (Å²) in [6, 6.07) is 14.1. The van der Waals surface area contributed by atoms with Gasteiger partial charge in [0.1, 0.15) is 0 Å². The van der Waals surface area contributed by atoms with Crippen molar-refractivity contribution in [2.75, 3.05) is 11.9 Å². The molecule has 2 amide bonds. The van der Waals surface area contributed by atoms with Crippen molar-refractivity contribution in [2.24, 2.45) is 11.7 Å². The van der Waals surface area contributed by atoms with Gasteiger partial charge >= 0.3 is 0 Å². The highest BCUT2D eigenvalue weighted by molar-refractivity contribution is 5.98. The quantitative estimate of drug-likeness (QED) is 0.508. The lowest BCUT2D eigenvalue weighted by molar-refractivity contribution is -0.117. The van der Waals surface area contributed by atoms with Gasteiger partial charge in [-0.25, -0.2) is 0 Å². The zero-order chi connectivity index (χ0) is 20.1. The van der Waals surface area contributed by atoms with Crippen LogP contribution in [0.15, 0.2) is 54.7 Å². The summed E-state index contributed by atoms with van der Waals surface area (Å²) in [6.07, 6.45) is 2.31. The van der Waals surface area contributed by atoms with Crippen LogP contribution in [-0.4, -0.2) is 29.4 Å². The molecular weight excluding hydrogens is 352 g/mol. The molecule has 0 aliphatic heterocycles. The second-order valence-corrected chi connectivity index (χ2v) is 7.34.